The van der Waals surface area contributed by atoms with E-state index >= 15 is 0 Å². The second-order valence-corrected chi connectivity index (χ2v) is 9.91. The standard InChI is InChI=1S/C22H27N5O4S/c1-15-20(17(3)27(23-15)14-19-8-6-5-7-9-19)22(28)25-10-12-26(13-11-25)32(29,30)21-16(2)24-31-18(21)4/h5-9H,10-14H2,1-4H3. The van der Waals surface area contributed by atoms with E-state index in [-0.39, 0.29) is 29.7 Å². The number of rotatable bonds is 5. The number of hydrogen-bond acceptors (Lipinski definition) is 6. The zero-order valence-corrected chi connectivity index (χ0v) is 19.5. The van der Waals surface area contributed by atoms with Crippen LogP contribution in [0.3, 0.4) is 0 Å². The molecule has 0 saturated carbocycles. The lowest BCUT2D eigenvalue weighted by Crippen LogP contribution is -2.50. The molecule has 32 heavy (non-hydrogen) atoms. The van der Waals surface area contributed by atoms with Gasteiger partial charge in [-0.3, -0.25) is 9.48 Å². The van der Waals surface area contributed by atoms with E-state index in [1.807, 2.05) is 48.9 Å². The molecule has 3 aromatic rings. The van der Waals surface area contributed by atoms with Crippen molar-refractivity contribution in [3.63, 3.8) is 0 Å². The van der Waals surface area contributed by atoms with Crippen molar-refractivity contribution in [1.82, 2.24) is 24.1 Å². The highest BCUT2D eigenvalue weighted by atomic mass is 32.2. The van der Waals surface area contributed by atoms with Gasteiger partial charge in [-0.15, -0.1) is 0 Å². The lowest BCUT2D eigenvalue weighted by molar-refractivity contribution is 0.0696. The van der Waals surface area contributed by atoms with Crippen LogP contribution in [0, 0.1) is 27.7 Å². The molecule has 3 heterocycles. The number of hydrogen-bond donors (Lipinski definition) is 0. The first-order chi connectivity index (χ1) is 15.2. The molecule has 2 aromatic heterocycles. The zero-order chi connectivity index (χ0) is 23.0. The third-order valence-electron chi connectivity index (χ3n) is 5.86. The Morgan fingerprint density at radius 1 is 1.00 bits per heavy atom. The van der Waals surface area contributed by atoms with E-state index in [2.05, 4.69) is 10.3 Å². The number of nitrogens with zero attached hydrogens (tertiary/aromatic N) is 5. The Bertz CT molecular complexity index is 1220. The molecule has 0 atom stereocenters. The van der Waals surface area contributed by atoms with Crippen molar-refractivity contribution in [1.29, 1.82) is 0 Å². The third kappa shape index (κ3) is 3.95. The summed E-state index contributed by atoms with van der Waals surface area (Å²) in [5.41, 5.74) is 3.52. The summed E-state index contributed by atoms with van der Waals surface area (Å²) < 4.78 is 34.3. The van der Waals surface area contributed by atoms with Crippen LogP contribution in [0.2, 0.25) is 0 Å². The van der Waals surface area contributed by atoms with E-state index in [0.29, 0.717) is 36.6 Å². The first kappa shape index (κ1) is 22.2. The summed E-state index contributed by atoms with van der Waals surface area (Å²) in [4.78, 5) is 15.1. The molecule has 170 valence electrons. The maximum absolute atomic E-state index is 13.3. The van der Waals surface area contributed by atoms with Gasteiger partial charge < -0.3 is 9.42 Å². The van der Waals surface area contributed by atoms with Crippen molar-refractivity contribution in [3.05, 3.63) is 64.3 Å². The van der Waals surface area contributed by atoms with E-state index < -0.39 is 10.0 Å². The van der Waals surface area contributed by atoms with E-state index in [1.54, 1.807) is 18.7 Å². The van der Waals surface area contributed by atoms with Crippen molar-refractivity contribution in [2.24, 2.45) is 0 Å². The Balaban J connectivity index is 1.48. The van der Waals surface area contributed by atoms with Crippen molar-refractivity contribution in [2.75, 3.05) is 26.2 Å². The number of benzene rings is 1. The molecule has 0 spiro atoms. The van der Waals surface area contributed by atoms with Crippen LogP contribution >= 0.6 is 0 Å². The molecule has 1 aliphatic heterocycles. The lowest BCUT2D eigenvalue weighted by atomic mass is 10.1. The highest BCUT2D eigenvalue weighted by Crippen LogP contribution is 2.25. The maximum atomic E-state index is 13.3. The van der Waals surface area contributed by atoms with Gasteiger partial charge in [-0.2, -0.15) is 9.40 Å². The van der Waals surface area contributed by atoms with Crippen molar-refractivity contribution in [3.8, 4) is 0 Å². The van der Waals surface area contributed by atoms with Gasteiger partial charge in [0, 0.05) is 31.9 Å². The number of aromatic nitrogens is 3. The number of amides is 1. The molecule has 1 saturated heterocycles. The smallest absolute Gasteiger partial charge is 0.257 e. The maximum Gasteiger partial charge on any atom is 0.257 e. The summed E-state index contributed by atoms with van der Waals surface area (Å²) in [6.07, 6.45) is 0. The van der Waals surface area contributed by atoms with Gasteiger partial charge in [-0.1, -0.05) is 35.5 Å². The predicted molar refractivity (Wildman–Crippen MR) is 118 cm³/mol. The van der Waals surface area contributed by atoms with Gasteiger partial charge in [0.1, 0.15) is 10.6 Å². The molecule has 1 aromatic carbocycles. The normalized spacial score (nSPS) is 15.3. The highest BCUT2D eigenvalue weighted by molar-refractivity contribution is 7.89. The van der Waals surface area contributed by atoms with Gasteiger partial charge in [-0.05, 0) is 33.3 Å². The van der Waals surface area contributed by atoms with Crippen LogP contribution in [-0.2, 0) is 16.6 Å². The number of carbonyl (C=O) groups excluding carboxylic acids is 1. The summed E-state index contributed by atoms with van der Waals surface area (Å²) >= 11 is 0. The molecule has 0 N–H and O–H groups in total. The second-order valence-electron chi connectivity index (χ2n) is 8.04. The SMILES string of the molecule is Cc1nn(Cc2ccccc2)c(C)c1C(=O)N1CCN(S(=O)(=O)c2c(C)noc2C)CC1. The van der Waals surface area contributed by atoms with Crippen molar-refractivity contribution >= 4 is 15.9 Å². The molecular formula is C22H27N5O4S. The number of sulfonamides is 1. The fourth-order valence-electron chi connectivity index (χ4n) is 4.18. The van der Waals surface area contributed by atoms with E-state index in [0.717, 1.165) is 11.3 Å². The Morgan fingerprint density at radius 2 is 1.66 bits per heavy atom. The summed E-state index contributed by atoms with van der Waals surface area (Å²) in [5, 5.41) is 8.33. The average Bonchev–Trinajstić information content (AvgIpc) is 3.26. The largest absolute Gasteiger partial charge is 0.360 e. The quantitative estimate of drug-likeness (QED) is 0.583. The van der Waals surface area contributed by atoms with Crippen molar-refractivity contribution < 1.29 is 17.7 Å². The first-order valence-corrected chi connectivity index (χ1v) is 11.9. The minimum atomic E-state index is -3.72. The third-order valence-corrected chi connectivity index (χ3v) is 8.01. The summed E-state index contributed by atoms with van der Waals surface area (Å²) in [7, 11) is -3.72. The van der Waals surface area contributed by atoms with Gasteiger partial charge in [-0.25, -0.2) is 8.42 Å². The fourth-order valence-corrected chi connectivity index (χ4v) is 5.89. The van der Waals surface area contributed by atoms with E-state index in [9.17, 15) is 13.2 Å². The van der Waals surface area contributed by atoms with Crippen LogP contribution in [0.25, 0.3) is 0 Å². The Morgan fingerprint density at radius 3 is 2.25 bits per heavy atom. The Kier molecular flexibility index (Phi) is 5.91. The molecule has 0 aliphatic carbocycles. The van der Waals surface area contributed by atoms with Crippen LogP contribution < -0.4 is 0 Å². The lowest BCUT2D eigenvalue weighted by Gasteiger charge is -2.34. The zero-order valence-electron chi connectivity index (χ0n) is 18.7. The van der Waals surface area contributed by atoms with E-state index in [4.69, 9.17) is 4.52 Å². The fraction of sp³-hybridized carbons (Fsp3) is 0.409. The minimum Gasteiger partial charge on any atom is -0.360 e. The van der Waals surface area contributed by atoms with Crippen LogP contribution in [0.4, 0.5) is 0 Å². The highest BCUT2D eigenvalue weighted by Gasteiger charge is 2.35. The summed E-state index contributed by atoms with van der Waals surface area (Å²) in [6.45, 7) is 8.57. The van der Waals surface area contributed by atoms with Gasteiger partial charge in [0.05, 0.1) is 17.8 Å². The van der Waals surface area contributed by atoms with Gasteiger partial charge >= 0.3 is 0 Å². The molecule has 1 fully saturated rings. The number of aryl methyl sites for hydroxylation is 3. The average molecular weight is 458 g/mol. The molecule has 1 amide bonds. The molecule has 1 aliphatic rings. The second kappa shape index (κ2) is 8.51. The summed E-state index contributed by atoms with van der Waals surface area (Å²) in [5.74, 6) is 0.159. The molecule has 0 unspecified atom stereocenters. The first-order valence-electron chi connectivity index (χ1n) is 10.5. The topological polar surface area (TPSA) is 102 Å². The van der Waals surface area contributed by atoms with Crippen LogP contribution in [0.1, 0.15) is 38.8 Å². The van der Waals surface area contributed by atoms with Gasteiger partial charge in [0.15, 0.2) is 5.76 Å². The predicted octanol–water partition coefficient (Wildman–Crippen LogP) is 2.30. The van der Waals surface area contributed by atoms with E-state index in [1.165, 1.54) is 4.31 Å². The molecular weight excluding hydrogens is 430 g/mol. The number of piperazine rings is 1. The molecule has 0 bridgehead atoms. The van der Waals surface area contributed by atoms with Crippen molar-refractivity contribution in [2.45, 2.75) is 39.1 Å². The monoisotopic (exact) mass is 457 g/mol. The van der Waals surface area contributed by atoms with Crippen LogP contribution in [-0.4, -0.2) is 64.6 Å². The number of carbonyl (C=O) groups is 1. The Labute approximate surface area is 187 Å². The Hall–Kier alpha value is -2.98. The molecule has 0 radical (unpaired) electrons. The molecule has 9 nitrogen and oxygen atoms in total. The van der Waals surface area contributed by atoms with Crippen LogP contribution in [0.15, 0.2) is 39.8 Å². The van der Waals surface area contributed by atoms with Crippen LogP contribution in [0.5, 0.6) is 0 Å². The van der Waals surface area contributed by atoms with Gasteiger partial charge in [0.2, 0.25) is 10.0 Å². The van der Waals surface area contributed by atoms with Gasteiger partial charge in [0.25, 0.3) is 5.91 Å². The molecule has 10 heteroatoms. The summed E-state index contributed by atoms with van der Waals surface area (Å²) in [6, 6.07) is 9.96. The molecule has 4 rings (SSSR count). The minimum absolute atomic E-state index is 0.117.